The van der Waals surface area contributed by atoms with Gasteiger partial charge in [-0.2, -0.15) is 0 Å². The second-order valence-corrected chi connectivity index (χ2v) is 3.49. The minimum Gasteiger partial charge on any atom is -0.483 e. The number of hydrogen-bond acceptors (Lipinski definition) is 2. The summed E-state index contributed by atoms with van der Waals surface area (Å²) in [5.74, 6) is 0.304. The molecule has 0 aliphatic carbocycles. The summed E-state index contributed by atoms with van der Waals surface area (Å²) in [6, 6.07) is 4.26. The van der Waals surface area contributed by atoms with Crippen molar-refractivity contribution in [2.24, 2.45) is 0 Å². The van der Waals surface area contributed by atoms with Crippen LogP contribution in [0.25, 0.3) is 0 Å². The average Bonchev–Trinajstić information content (AvgIpc) is 2.20. The second-order valence-electron chi connectivity index (χ2n) is 3.49. The van der Waals surface area contributed by atoms with Crippen molar-refractivity contribution in [3.8, 4) is 5.75 Å². The Balaban J connectivity index is 2.76. The molecule has 0 heterocycles. The summed E-state index contributed by atoms with van der Waals surface area (Å²) < 4.78 is 18.2. The third-order valence-electron chi connectivity index (χ3n) is 2.24. The van der Waals surface area contributed by atoms with Gasteiger partial charge in [0, 0.05) is 6.42 Å². The first-order chi connectivity index (χ1) is 7.04. The fourth-order valence-corrected chi connectivity index (χ4v) is 1.29. The zero-order valence-electron chi connectivity index (χ0n) is 9.21. The Morgan fingerprint density at radius 3 is 2.73 bits per heavy atom. The van der Waals surface area contributed by atoms with Gasteiger partial charge in [-0.1, -0.05) is 6.92 Å². The van der Waals surface area contributed by atoms with E-state index in [1.807, 2.05) is 0 Å². The van der Waals surface area contributed by atoms with Crippen molar-refractivity contribution >= 4 is 5.78 Å². The van der Waals surface area contributed by atoms with E-state index >= 15 is 0 Å². The number of Topliss-reactive ketones (excluding diaryl/α,β-unsaturated/α-hetero) is 1. The van der Waals surface area contributed by atoms with Gasteiger partial charge in [-0.15, -0.1) is 0 Å². The van der Waals surface area contributed by atoms with Crippen LogP contribution in [-0.2, 0) is 4.79 Å². The third-order valence-corrected chi connectivity index (χ3v) is 2.24. The van der Waals surface area contributed by atoms with Gasteiger partial charge < -0.3 is 4.74 Å². The lowest BCUT2D eigenvalue weighted by Gasteiger charge is -2.14. The number of hydrogen-bond donors (Lipinski definition) is 0. The van der Waals surface area contributed by atoms with Crippen LogP contribution >= 0.6 is 0 Å². The van der Waals surface area contributed by atoms with Crippen LogP contribution < -0.4 is 4.74 Å². The Kier molecular flexibility index (Phi) is 3.83. The smallest absolute Gasteiger partial charge is 0.172 e. The van der Waals surface area contributed by atoms with Gasteiger partial charge in [0.15, 0.2) is 11.9 Å². The maximum Gasteiger partial charge on any atom is 0.172 e. The lowest BCUT2D eigenvalue weighted by atomic mass is 10.2. The molecule has 0 aliphatic rings. The molecule has 82 valence electrons. The van der Waals surface area contributed by atoms with Crippen LogP contribution in [0.4, 0.5) is 4.39 Å². The molecule has 0 N–H and O–H groups in total. The predicted octanol–water partition coefficient (Wildman–Crippen LogP) is 2.88. The van der Waals surface area contributed by atoms with Gasteiger partial charge in [0.05, 0.1) is 0 Å². The quantitative estimate of drug-likeness (QED) is 0.763. The number of halogens is 1. The number of carbonyl (C=O) groups excluding carboxylic acids is 1. The van der Waals surface area contributed by atoms with E-state index in [4.69, 9.17) is 4.74 Å². The molecule has 3 heteroatoms. The fraction of sp³-hybridized carbons (Fsp3) is 0.417. The highest BCUT2D eigenvalue weighted by molar-refractivity contribution is 5.82. The van der Waals surface area contributed by atoms with Gasteiger partial charge in [0.2, 0.25) is 0 Å². The number of rotatable bonds is 4. The molecule has 1 aromatic rings. The van der Waals surface area contributed by atoms with E-state index in [9.17, 15) is 9.18 Å². The summed E-state index contributed by atoms with van der Waals surface area (Å²) in [6.07, 6.45) is -0.0272. The van der Waals surface area contributed by atoms with Gasteiger partial charge in [-0.25, -0.2) is 4.39 Å². The molecule has 0 saturated carbocycles. The molecule has 1 atom stereocenters. The maximum atomic E-state index is 12.8. The normalized spacial score (nSPS) is 12.3. The SMILES string of the molecule is CCC(=O)C(C)Oc1ccc(F)cc1C. The number of carbonyl (C=O) groups is 1. The molecule has 2 nitrogen and oxygen atoms in total. The van der Waals surface area contributed by atoms with Crippen molar-refractivity contribution < 1.29 is 13.9 Å². The lowest BCUT2D eigenvalue weighted by molar-refractivity contribution is -0.124. The molecule has 0 aliphatic heterocycles. The maximum absolute atomic E-state index is 12.8. The molecular weight excluding hydrogens is 195 g/mol. The molecule has 0 fully saturated rings. The fourth-order valence-electron chi connectivity index (χ4n) is 1.29. The highest BCUT2D eigenvalue weighted by Crippen LogP contribution is 2.20. The molecule has 1 aromatic carbocycles. The summed E-state index contributed by atoms with van der Waals surface area (Å²) in [5, 5.41) is 0. The van der Waals surface area contributed by atoms with E-state index < -0.39 is 6.10 Å². The standard InChI is InChI=1S/C12H15FO2/c1-4-11(14)9(3)15-12-6-5-10(13)7-8(12)2/h5-7,9H,4H2,1-3H3. The van der Waals surface area contributed by atoms with E-state index in [1.165, 1.54) is 12.1 Å². The van der Waals surface area contributed by atoms with Crippen LogP contribution in [0.5, 0.6) is 5.75 Å². The Bertz CT molecular complexity index is 361. The van der Waals surface area contributed by atoms with Gasteiger partial charge in [-0.05, 0) is 37.6 Å². The molecule has 0 spiro atoms. The summed E-state index contributed by atoms with van der Waals surface area (Å²) in [7, 11) is 0. The summed E-state index contributed by atoms with van der Waals surface area (Å²) in [4.78, 5) is 11.3. The first kappa shape index (κ1) is 11.7. The number of ketones is 1. The zero-order chi connectivity index (χ0) is 11.4. The number of benzene rings is 1. The van der Waals surface area contributed by atoms with Crippen molar-refractivity contribution in [2.75, 3.05) is 0 Å². The molecule has 0 saturated heterocycles. The highest BCUT2D eigenvalue weighted by atomic mass is 19.1. The van der Waals surface area contributed by atoms with E-state index in [1.54, 1.807) is 26.8 Å². The number of aryl methyl sites for hydroxylation is 1. The summed E-state index contributed by atoms with van der Waals surface area (Å²) >= 11 is 0. The van der Waals surface area contributed by atoms with E-state index in [0.717, 1.165) is 0 Å². The molecule has 1 unspecified atom stereocenters. The molecule has 0 aromatic heterocycles. The van der Waals surface area contributed by atoms with Crippen LogP contribution in [0.3, 0.4) is 0 Å². The largest absolute Gasteiger partial charge is 0.483 e. The van der Waals surface area contributed by atoms with Gasteiger partial charge in [0.25, 0.3) is 0 Å². The minimum atomic E-state index is -0.473. The van der Waals surface area contributed by atoms with Crippen LogP contribution in [0.15, 0.2) is 18.2 Å². The van der Waals surface area contributed by atoms with Gasteiger partial charge in [-0.3, -0.25) is 4.79 Å². The molecule has 0 radical (unpaired) electrons. The Labute approximate surface area is 89.1 Å². The van der Waals surface area contributed by atoms with Crippen LogP contribution in [0, 0.1) is 12.7 Å². The van der Waals surface area contributed by atoms with Crippen molar-refractivity contribution in [1.29, 1.82) is 0 Å². The zero-order valence-corrected chi connectivity index (χ0v) is 9.21. The summed E-state index contributed by atoms with van der Waals surface area (Å²) in [6.45, 7) is 5.25. The molecule has 0 amide bonds. The topological polar surface area (TPSA) is 26.3 Å². The lowest BCUT2D eigenvalue weighted by Crippen LogP contribution is -2.23. The minimum absolute atomic E-state index is 0.0405. The van der Waals surface area contributed by atoms with Crippen LogP contribution in [0.1, 0.15) is 25.8 Å². The van der Waals surface area contributed by atoms with Gasteiger partial charge in [0.1, 0.15) is 11.6 Å². The third kappa shape index (κ3) is 3.05. The Morgan fingerprint density at radius 1 is 1.53 bits per heavy atom. The Hall–Kier alpha value is -1.38. The average molecular weight is 210 g/mol. The first-order valence-electron chi connectivity index (χ1n) is 5.00. The molecule has 1 rings (SSSR count). The molecular formula is C12H15FO2. The van der Waals surface area contributed by atoms with Crippen molar-refractivity contribution in [2.45, 2.75) is 33.3 Å². The van der Waals surface area contributed by atoms with E-state index in [-0.39, 0.29) is 11.6 Å². The monoisotopic (exact) mass is 210 g/mol. The van der Waals surface area contributed by atoms with E-state index in [0.29, 0.717) is 17.7 Å². The van der Waals surface area contributed by atoms with E-state index in [2.05, 4.69) is 0 Å². The van der Waals surface area contributed by atoms with Gasteiger partial charge >= 0.3 is 0 Å². The highest BCUT2D eigenvalue weighted by Gasteiger charge is 2.13. The van der Waals surface area contributed by atoms with Crippen LogP contribution in [-0.4, -0.2) is 11.9 Å². The van der Waals surface area contributed by atoms with Crippen molar-refractivity contribution in [1.82, 2.24) is 0 Å². The van der Waals surface area contributed by atoms with Crippen molar-refractivity contribution in [3.05, 3.63) is 29.6 Å². The molecule has 0 bridgehead atoms. The number of ether oxygens (including phenoxy) is 1. The first-order valence-corrected chi connectivity index (χ1v) is 5.00. The van der Waals surface area contributed by atoms with Crippen molar-refractivity contribution in [3.63, 3.8) is 0 Å². The summed E-state index contributed by atoms with van der Waals surface area (Å²) in [5.41, 5.74) is 0.700. The predicted molar refractivity (Wildman–Crippen MR) is 56.5 cm³/mol. The second kappa shape index (κ2) is 4.91. The Morgan fingerprint density at radius 2 is 2.20 bits per heavy atom. The molecule has 15 heavy (non-hydrogen) atoms. The van der Waals surface area contributed by atoms with Crippen LogP contribution in [0.2, 0.25) is 0 Å².